The Balaban J connectivity index is 1.59. The van der Waals surface area contributed by atoms with Crippen molar-refractivity contribution in [2.75, 3.05) is 32.0 Å². The number of aryl methyl sites for hydroxylation is 1. The molecule has 0 unspecified atom stereocenters. The third kappa shape index (κ3) is 5.92. The predicted molar refractivity (Wildman–Crippen MR) is 122 cm³/mol. The van der Waals surface area contributed by atoms with Gasteiger partial charge in [-0.05, 0) is 31.5 Å². The van der Waals surface area contributed by atoms with Crippen LogP contribution in [0.4, 0.5) is 23.4 Å². The number of nitrogens with one attached hydrogen (secondary N) is 2. The molecule has 1 amide bonds. The van der Waals surface area contributed by atoms with E-state index in [2.05, 4.69) is 32.6 Å². The fourth-order valence-electron chi connectivity index (χ4n) is 3.99. The molecule has 0 aromatic carbocycles. The van der Waals surface area contributed by atoms with E-state index in [9.17, 15) is 22.4 Å². The van der Waals surface area contributed by atoms with Gasteiger partial charge in [-0.1, -0.05) is 12.0 Å². The number of aromatic nitrogens is 4. The largest absolute Gasteiger partial charge is 0.393 e. The van der Waals surface area contributed by atoms with Crippen LogP contribution in [0.1, 0.15) is 28.2 Å². The number of alkyl halides is 4. The lowest BCUT2D eigenvalue weighted by molar-refractivity contribution is -0.127. The smallest absolute Gasteiger partial charge is 0.364 e. The molecule has 0 aliphatic carbocycles. The minimum absolute atomic E-state index is 0.0520. The van der Waals surface area contributed by atoms with E-state index < -0.39 is 30.7 Å². The standard InChI is InChI=1S/C23H25F4N7O/c1-32-10-8-18(16(24)12-32)30-21-7-3-6-20-15(11-23(25,26)27)17(31-34(20)21)5-4-9-28-22(35)19-13-33(2)14-29-19/h3,6-7,13-14,16,18,30H,8-12H2,1-2H3,(H,28,35)/t16-,18+/m0/s1. The molecule has 3 aromatic rings. The van der Waals surface area contributed by atoms with Crippen LogP contribution in [0.15, 0.2) is 30.7 Å². The van der Waals surface area contributed by atoms with Gasteiger partial charge in [-0.2, -0.15) is 18.3 Å². The molecule has 12 heteroatoms. The molecule has 8 nitrogen and oxygen atoms in total. The molecule has 4 heterocycles. The van der Waals surface area contributed by atoms with E-state index in [0.29, 0.717) is 18.8 Å². The van der Waals surface area contributed by atoms with Gasteiger partial charge in [0.05, 0.1) is 30.9 Å². The lowest BCUT2D eigenvalue weighted by Gasteiger charge is -2.33. The van der Waals surface area contributed by atoms with E-state index in [1.165, 1.54) is 23.1 Å². The van der Waals surface area contributed by atoms with Crippen LogP contribution in [-0.4, -0.2) is 75.0 Å². The molecule has 1 saturated heterocycles. The molecule has 2 N–H and O–H groups in total. The summed E-state index contributed by atoms with van der Waals surface area (Å²) in [5.74, 6) is 5.26. The minimum Gasteiger partial charge on any atom is -0.364 e. The van der Waals surface area contributed by atoms with Crippen molar-refractivity contribution in [2.45, 2.75) is 31.2 Å². The van der Waals surface area contributed by atoms with Gasteiger partial charge in [0, 0.05) is 31.9 Å². The molecule has 186 valence electrons. The number of rotatable bonds is 5. The summed E-state index contributed by atoms with van der Waals surface area (Å²) in [6.07, 6.45) is -3.27. The summed E-state index contributed by atoms with van der Waals surface area (Å²) >= 11 is 0. The van der Waals surface area contributed by atoms with Gasteiger partial charge in [0.2, 0.25) is 0 Å². The first-order valence-electron chi connectivity index (χ1n) is 11.0. The quantitative estimate of drug-likeness (QED) is 0.424. The van der Waals surface area contributed by atoms with Crippen molar-refractivity contribution in [2.24, 2.45) is 7.05 Å². The maximum absolute atomic E-state index is 14.5. The number of hydrogen-bond donors (Lipinski definition) is 2. The Morgan fingerprint density at radius 3 is 2.77 bits per heavy atom. The van der Waals surface area contributed by atoms with E-state index in [4.69, 9.17) is 0 Å². The highest BCUT2D eigenvalue weighted by Gasteiger charge is 2.32. The van der Waals surface area contributed by atoms with E-state index in [1.54, 1.807) is 23.7 Å². The second-order valence-corrected chi connectivity index (χ2v) is 8.55. The van der Waals surface area contributed by atoms with Gasteiger partial charge in [0.15, 0.2) is 0 Å². The molecule has 3 aromatic heterocycles. The highest BCUT2D eigenvalue weighted by atomic mass is 19.4. The lowest BCUT2D eigenvalue weighted by Crippen LogP contribution is -2.46. The molecule has 1 aliphatic rings. The molecule has 0 radical (unpaired) electrons. The number of pyridine rings is 1. The fraction of sp³-hybridized carbons (Fsp3) is 0.435. The number of carbonyl (C=O) groups excluding carboxylic acids is 1. The van der Waals surface area contributed by atoms with Crippen LogP contribution >= 0.6 is 0 Å². The summed E-state index contributed by atoms with van der Waals surface area (Å²) in [7, 11) is 3.56. The molecule has 35 heavy (non-hydrogen) atoms. The van der Waals surface area contributed by atoms with Crippen LogP contribution in [0, 0.1) is 11.8 Å². The van der Waals surface area contributed by atoms with Gasteiger partial charge in [-0.25, -0.2) is 13.9 Å². The molecule has 1 aliphatic heterocycles. The summed E-state index contributed by atoms with van der Waals surface area (Å²) < 4.78 is 57.5. The van der Waals surface area contributed by atoms with Crippen LogP contribution in [0.25, 0.3) is 5.52 Å². The van der Waals surface area contributed by atoms with Gasteiger partial charge >= 0.3 is 6.18 Å². The van der Waals surface area contributed by atoms with Crippen molar-refractivity contribution >= 4 is 17.2 Å². The number of carbonyl (C=O) groups is 1. The first kappa shape index (κ1) is 24.5. The van der Waals surface area contributed by atoms with E-state index in [1.807, 2.05) is 11.9 Å². The van der Waals surface area contributed by atoms with Crippen LogP contribution in [0.5, 0.6) is 0 Å². The zero-order chi connectivity index (χ0) is 25.2. The Bertz CT molecular complexity index is 1270. The third-order valence-corrected chi connectivity index (χ3v) is 5.70. The number of halogens is 4. The van der Waals surface area contributed by atoms with E-state index in [0.717, 1.165) is 0 Å². The van der Waals surface area contributed by atoms with Crippen molar-refractivity contribution in [1.29, 1.82) is 0 Å². The summed E-state index contributed by atoms with van der Waals surface area (Å²) in [4.78, 5) is 17.9. The van der Waals surface area contributed by atoms with Crippen LogP contribution < -0.4 is 10.6 Å². The molecule has 0 saturated carbocycles. The number of anilines is 1. The molecule has 0 bridgehead atoms. The molecular weight excluding hydrogens is 466 g/mol. The molecule has 1 fully saturated rings. The average molecular weight is 491 g/mol. The van der Waals surface area contributed by atoms with E-state index in [-0.39, 0.29) is 35.6 Å². The Hall–Kier alpha value is -3.59. The van der Waals surface area contributed by atoms with Crippen LogP contribution in [0.3, 0.4) is 0 Å². The normalized spacial score (nSPS) is 18.8. The number of imidazole rings is 1. The monoisotopic (exact) mass is 491 g/mol. The Morgan fingerprint density at radius 2 is 2.09 bits per heavy atom. The van der Waals surface area contributed by atoms with Gasteiger partial charge in [0.25, 0.3) is 5.91 Å². The van der Waals surface area contributed by atoms with Crippen molar-refractivity contribution < 1.29 is 22.4 Å². The topological polar surface area (TPSA) is 79.5 Å². The van der Waals surface area contributed by atoms with Crippen molar-refractivity contribution in [3.63, 3.8) is 0 Å². The fourth-order valence-corrected chi connectivity index (χ4v) is 3.99. The maximum Gasteiger partial charge on any atom is 0.393 e. The lowest BCUT2D eigenvalue weighted by atomic mass is 10.0. The Labute approximate surface area is 199 Å². The van der Waals surface area contributed by atoms with Crippen LogP contribution in [-0.2, 0) is 13.5 Å². The van der Waals surface area contributed by atoms with Gasteiger partial charge in [0.1, 0.15) is 23.4 Å². The van der Waals surface area contributed by atoms with Crippen molar-refractivity contribution in [3.8, 4) is 11.8 Å². The Kier molecular flexibility index (Phi) is 6.98. The highest BCUT2D eigenvalue weighted by molar-refractivity contribution is 5.92. The average Bonchev–Trinajstić information content (AvgIpc) is 3.36. The first-order chi connectivity index (χ1) is 16.6. The van der Waals surface area contributed by atoms with E-state index >= 15 is 0 Å². The molecular formula is C23H25F4N7O. The minimum atomic E-state index is -4.48. The number of nitrogens with zero attached hydrogens (tertiary/aromatic N) is 5. The zero-order valence-corrected chi connectivity index (χ0v) is 19.2. The first-order valence-corrected chi connectivity index (χ1v) is 11.0. The Morgan fingerprint density at radius 1 is 1.29 bits per heavy atom. The number of likely N-dealkylation sites (tertiary alicyclic amines) is 1. The predicted octanol–water partition coefficient (Wildman–Crippen LogP) is 2.41. The van der Waals surface area contributed by atoms with Gasteiger partial charge in [-0.3, -0.25) is 4.79 Å². The number of hydrogen-bond acceptors (Lipinski definition) is 5. The summed E-state index contributed by atoms with van der Waals surface area (Å²) in [6.45, 7) is 0.874. The van der Waals surface area contributed by atoms with Gasteiger partial charge < -0.3 is 20.1 Å². The van der Waals surface area contributed by atoms with Gasteiger partial charge in [-0.15, -0.1) is 0 Å². The van der Waals surface area contributed by atoms with Crippen molar-refractivity contribution in [1.82, 2.24) is 29.4 Å². The van der Waals surface area contributed by atoms with Crippen molar-refractivity contribution in [3.05, 3.63) is 47.7 Å². The number of amides is 1. The molecule has 2 atom stereocenters. The summed E-state index contributed by atoms with van der Waals surface area (Å²) in [6, 6.07) is 4.29. The van der Waals surface area contributed by atoms with Crippen LogP contribution in [0.2, 0.25) is 0 Å². The summed E-state index contributed by atoms with van der Waals surface area (Å²) in [5, 5.41) is 9.96. The zero-order valence-electron chi connectivity index (χ0n) is 19.2. The summed E-state index contributed by atoms with van der Waals surface area (Å²) in [5.41, 5.74) is 0.307. The molecule has 0 spiro atoms. The molecule has 4 rings (SSSR count). The third-order valence-electron chi connectivity index (χ3n) is 5.70. The number of piperidine rings is 1. The SMILES string of the molecule is CN1CC[C@@H](Nc2cccc3c(CC(F)(F)F)c(C#CCNC(=O)c4cn(C)cn4)nn23)[C@@H](F)C1. The number of fused-ring (bicyclic) bond motifs is 1. The highest BCUT2D eigenvalue weighted by Crippen LogP contribution is 2.28. The second-order valence-electron chi connectivity index (χ2n) is 8.55. The second kappa shape index (κ2) is 9.95. The maximum atomic E-state index is 14.5.